The molecule has 2 N–H and O–H groups in total. The van der Waals surface area contributed by atoms with E-state index in [1.165, 1.54) is 23.8 Å². The van der Waals surface area contributed by atoms with Crippen molar-refractivity contribution in [2.24, 2.45) is 0 Å². The van der Waals surface area contributed by atoms with E-state index in [4.69, 9.17) is 4.74 Å². The Hall–Kier alpha value is -2.71. The fourth-order valence-electron chi connectivity index (χ4n) is 2.92. The molecule has 3 rings (SSSR count). The maximum Gasteiger partial charge on any atom is 0.264 e. The van der Waals surface area contributed by atoms with Crippen LogP contribution in [-0.2, 0) is 16.1 Å². The zero-order valence-electron chi connectivity index (χ0n) is 18.4. The van der Waals surface area contributed by atoms with Gasteiger partial charge in [0.05, 0.1) is 17.1 Å². The van der Waals surface area contributed by atoms with Crippen LogP contribution in [0, 0.1) is 13.8 Å². The summed E-state index contributed by atoms with van der Waals surface area (Å²) < 4.78 is 5.77. The zero-order chi connectivity index (χ0) is 22.5. The molecular weight excluding hydrogens is 430 g/mol. The first-order valence-corrected chi connectivity index (χ1v) is 11.7. The molecule has 0 aliphatic rings. The van der Waals surface area contributed by atoms with E-state index in [9.17, 15) is 9.59 Å². The van der Waals surface area contributed by atoms with Gasteiger partial charge in [-0.25, -0.2) is 4.98 Å². The van der Waals surface area contributed by atoms with Crippen LogP contribution in [0.15, 0.2) is 30.3 Å². The molecule has 164 valence electrons. The minimum absolute atomic E-state index is 0.0573. The third-order valence-electron chi connectivity index (χ3n) is 4.69. The minimum atomic E-state index is -0.243. The number of rotatable bonds is 8. The molecule has 0 aliphatic heterocycles. The number of ether oxygens (including phenoxy) is 1. The number of anilines is 1. The van der Waals surface area contributed by atoms with Gasteiger partial charge in [-0.2, -0.15) is 0 Å². The van der Waals surface area contributed by atoms with Crippen LogP contribution in [0.4, 0.5) is 5.13 Å². The molecule has 31 heavy (non-hydrogen) atoms. The third-order valence-corrected chi connectivity index (χ3v) is 6.67. The van der Waals surface area contributed by atoms with Crippen LogP contribution < -0.4 is 15.4 Å². The lowest BCUT2D eigenvalue weighted by atomic mass is 10.0. The average molecular weight is 458 g/mol. The van der Waals surface area contributed by atoms with Crippen molar-refractivity contribution in [3.8, 4) is 16.3 Å². The lowest BCUT2D eigenvalue weighted by molar-refractivity contribution is -0.119. The van der Waals surface area contributed by atoms with Crippen LogP contribution in [0.2, 0.25) is 0 Å². The molecule has 6 nitrogen and oxygen atoms in total. The molecule has 0 fully saturated rings. The molecule has 1 aromatic carbocycles. The van der Waals surface area contributed by atoms with Crippen molar-refractivity contribution in [2.75, 3.05) is 11.9 Å². The van der Waals surface area contributed by atoms with Gasteiger partial charge in [-0.1, -0.05) is 26.0 Å². The number of amides is 2. The summed E-state index contributed by atoms with van der Waals surface area (Å²) in [5, 5.41) is 6.18. The maximum absolute atomic E-state index is 12.4. The van der Waals surface area contributed by atoms with E-state index < -0.39 is 0 Å². The molecule has 2 aromatic heterocycles. The predicted molar refractivity (Wildman–Crippen MR) is 127 cm³/mol. The van der Waals surface area contributed by atoms with Crippen LogP contribution >= 0.6 is 22.7 Å². The summed E-state index contributed by atoms with van der Waals surface area (Å²) in [7, 11) is 0. The number of benzene rings is 1. The SMILES string of the molecule is CC(=O)NCc1ccc(-c2nc(NC(=O)COc3cc(C(C)C)ccc3C)sc2C)s1. The highest BCUT2D eigenvalue weighted by Gasteiger charge is 2.15. The van der Waals surface area contributed by atoms with Gasteiger partial charge in [0.15, 0.2) is 11.7 Å². The van der Waals surface area contributed by atoms with E-state index in [0.29, 0.717) is 17.6 Å². The summed E-state index contributed by atoms with van der Waals surface area (Å²) >= 11 is 3.01. The number of thiophene rings is 1. The van der Waals surface area contributed by atoms with E-state index in [-0.39, 0.29) is 18.4 Å². The van der Waals surface area contributed by atoms with E-state index in [1.807, 2.05) is 38.1 Å². The predicted octanol–water partition coefficient (Wildman–Crippen LogP) is 5.27. The molecule has 0 spiro atoms. The number of nitrogens with one attached hydrogen (secondary N) is 2. The number of aromatic nitrogens is 1. The third kappa shape index (κ3) is 6.15. The van der Waals surface area contributed by atoms with Gasteiger partial charge in [-0.15, -0.1) is 22.7 Å². The van der Waals surface area contributed by atoms with E-state index in [0.717, 1.165) is 31.6 Å². The fraction of sp³-hybridized carbons (Fsp3) is 0.348. The number of carbonyl (C=O) groups is 2. The Labute approximate surface area is 190 Å². The average Bonchev–Trinajstić information content (AvgIpc) is 3.31. The van der Waals surface area contributed by atoms with Crippen molar-refractivity contribution in [3.63, 3.8) is 0 Å². The van der Waals surface area contributed by atoms with Crippen molar-refractivity contribution < 1.29 is 14.3 Å². The highest BCUT2D eigenvalue weighted by molar-refractivity contribution is 7.18. The van der Waals surface area contributed by atoms with E-state index >= 15 is 0 Å². The van der Waals surface area contributed by atoms with Crippen LogP contribution in [0.3, 0.4) is 0 Å². The summed E-state index contributed by atoms with van der Waals surface area (Å²) in [5.74, 6) is 0.817. The van der Waals surface area contributed by atoms with Gasteiger partial charge in [0.2, 0.25) is 5.91 Å². The number of thiazole rings is 1. The van der Waals surface area contributed by atoms with E-state index in [2.05, 4.69) is 35.5 Å². The first-order chi connectivity index (χ1) is 14.7. The van der Waals surface area contributed by atoms with Crippen molar-refractivity contribution in [3.05, 3.63) is 51.2 Å². The van der Waals surface area contributed by atoms with Crippen LogP contribution in [0.1, 0.15) is 47.6 Å². The standard InChI is InChI=1S/C23H27N3O3S2/c1-13(2)17-7-6-14(3)19(10-17)29-12-21(28)25-23-26-22(15(4)30-23)20-9-8-18(31-20)11-24-16(5)27/h6-10,13H,11-12H2,1-5H3,(H,24,27)(H,25,26,28). The summed E-state index contributed by atoms with van der Waals surface area (Å²) in [5.41, 5.74) is 3.02. The number of hydrogen-bond acceptors (Lipinski definition) is 6. The second kappa shape index (κ2) is 10.1. The van der Waals surface area contributed by atoms with Crippen molar-refractivity contribution >= 4 is 39.6 Å². The summed E-state index contributed by atoms with van der Waals surface area (Å²) in [6.45, 7) is 10.1. The Morgan fingerprint density at radius 3 is 2.61 bits per heavy atom. The highest BCUT2D eigenvalue weighted by Crippen LogP contribution is 2.34. The van der Waals surface area contributed by atoms with Gasteiger partial charge in [0.1, 0.15) is 5.75 Å². The van der Waals surface area contributed by atoms with Gasteiger partial charge in [0.25, 0.3) is 5.91 Å². The number of carbonyl (C=O) groups excluding carboxylic acids is 2. The van der Waals surface area contributed by atoms with Crippen LogP contribution in [-0.4, -0.2) is 23.4 Å². The topological polar surface area (TPSA) is 80.3 Å². The molecule has 0 bridgehead atoms. The number of aryl methyl sites for hydroxylation is 2. The minimum Gasteiger partial charge on any atom is -0.483 e. The summed E-state index contributed by atoms with van der Waals surface area (Å²) in [6.07, 6.45) is 0. The van der Waals surface area contributed by atoms with Crippen molar-refractivity contribution in [2.45, 2.75) is 47.1 Å². The number of nitrogens with zero attached hydrogens (tertiary/aromatic N) is 1. The molecule has 2 amide bonds. The maximum atomic E-state index is 12.4. The van der Waals surface area contributed by atoms with Crippen LogP contribution in [0.5, 0.6) is 5.75 Å². The zero-order valence-corrected chi connectivity index (χ0v) is 20.0. The van der Waals surface area contributed by atoms with Crippen molar-refractivity contribution in [1.82, 2.24) is 10.3 Å². The Morgan fingerprint density at radius 2 is 1.90 bits per heavy atom. The molecule has 8 heteroatoms. The van der Waals surface area contributed by atoms with Gasteiger partial charge < -0.3 is 10.1 Å². The fourth-order valence-corrected chi connectivity index (χ4v) is 4.82. The first kappa shape index (κ1) is 23.0. The number of hydrogen-bond donors (Lipinski definition) is 2. The second-order valence-electron chi connectivity index (χ2n) is 7.62. The molecular formula is C23H27N3O3S2. The Bertz CT molecular complexity index is 1090. The molecule has 0 atom stereocenters. The Morgan fingerprint density at radius 1 is 1.13 bits per heavy atom. The molecule has 0 aliphatic carbocycles. The largest absolute Gasteiger partial charge is 0.483 e. The van der Waals surface area contributed by atoms with Gasteiger partial charge in [0, 0.05) is 16.7 Å². The van der Waals surface area contributed by atoms with Crippen LogP contribution in [0.25, 0.3) is 10.6 Å². The molecule has 0 unspecified atom stereocenters. The first-order valence-electron chi connectivity index (χ1n) is 10.1. The lowest BCUT2D eigenvalue weighted by Crippen LogP contribution is -2.20. The monoisotopic (exact) mass is 457 g/mol. The summed E-state index contributed by atoms with van der Waals surface area (Å²) in [4.78, 5) is 31.2. The van der Waals surface area contributed by atoms with Gasteiger partial charge >= 0.3 is 0 Å². The lowest BCUT2D eigenvalue weighted by Gasteiger charge is -2.12. The van der Waals surface area contributed by atoms with Gasteiger partial charge in [-0.3, -0.25) is 14.9 Å². The highest BCUT2D eigenvalue weighted by atomic mass is 32.1. The molecule has 0 radical (unpaired) electrons. The quantitative estimate of drug-likeness (QED) is 0.483. The molecule has 0 saturated heterocycles. The Balaban J connectivity index is 1.62. The second-order valence-corrected chi connectivity index (χ2v) is 9.99. The smallest absolute Gasteiger partial charge is 0.264 e. The normalized spacial score (nSPS) is 10.9. The molecule has 3 aromatic rings. The van der Waals surface area contributed by atoms with Crippen molar-refractivity contribution in [1.29, 1.82) is 0 Å². The molecule has 0 saturated carbocycles. The molecule has 2 heterocycles. The van der Waals surface area contributed by atoms with E-state index in [1.54, 1.807) is 11.3 Å². The van der Waals surface area contributed by atoms with Gasteiger partial charge in [-0.05, 0) is 49.1 Å². The Kier molecular flexibility index (Phi) is 7.46. The summed E-state index contributed by atoms with van der Waals surface area (Å²) in [6, 6.07) is 10.1.